The van der Waals surface area contributed by atoms with E-state index in [4.69, 9.17) is 4.74 Å². The Morgan fingerprint density at radius 3 is 2.74 bits per heavy atom. The second kappa shape index (κ2) is 7.35. The van der Waals surface area contributed by atoms with Gasteiger partial charge in [-0.25, -0.2) is 9.48 Å². The summed E-state index contributed by atoms with van der Waals surface area (Å²) in [6.07, 6.45) is 8.38. The molecule has 0 radical (unpaired) electrons. The van der Waals surface area contributed by atoms with Crippen molar-refractivity contribution in [1.29, 1.82) is 0 Å². The topological polar surface area (TPSA) is 57.0 Å². The highest BCUT2D eigenvalue weighted by atomic mass is 16.5. The maximum absolute atomic E-state index is 12.0. The third-order valence-electron chi connectivity index (χ3n) is 3.40. The second-order valence-electron chi connectivity index (χ2n) is 5.11. The Morgan fingerprint density at radius 2 is 1.96 bits per heavy atom. The fourth-order valence-corrected chi connectivity index (χ4v) is 2.22. The van der Waals surface area contributed by atoms with Crippen molar-refractivity contribution in [2.24, 2.45) is 0 Å². The van der Waals surface area contributed by atoms with E-state index in [-0.39, 0.29) is 5.97 Å². The molecule has 0 saturated heterocycles. The average Bonchev–Trinajstić information content (AvgIpc) is 3.10. The highest BCUT2D eigenvalue weighted by molar-refractivity contribution is 5.88. The fourth-order valence-electron chi connectivity index (χ4n) is 2.22. The molecule has 3 rings (SSSR count). The van der Waals surface area contributed by atoms with Crippen molar-refractivity contribution in [3.05, 3.63) is 78.4 Å². The van der Waals surface area contributed by atoms with Crippen LogP contribution in [0, 0.1) is 0 Å². The molecule has 3 aromatic rings. The van der Waals surface area contributed by atoms with Gasteiger partial charge in [0.15, 0.2) is 0 Å². The summed E-state index contributed by atoms with van der Waals surface area (Å²) in [6, 6.07) is 13.6. The van der Waals surface area contributed by atoms with E-state index in [1.54, 1.807) is 17.1 Å². The van der Waals surface area contributed by atoms with Crippen LogP contribution in [0.5, 0.6) is 0 Å². The van der Waals surface area contributed by atoms with Crippen molar-refractivity contribution >= 4 is 5.97 Å². The molecule has 5 heteroatoms. The third-order valence-corrected chi connectivity index (χ3v) is 3.40. The van der Waals surface area contributed by atoms with Crippen molar-refractivity contribution in [3.8, 4) is 5.69 Å². The van der Waals surface area contributed by atoms with Crippen LogP contribution in [0.15, 0.2) is 67.3 Å². The quantitative estimate of drug-likeness (QED) is 0.519. The minimum atomic E-state index is -0.349. The van der Waals surface area contributed by atoms with E-state index in [1.165, 1.54) is 6.20 Å². The lowest BCUT2D eigenvalue weighted by Crippen LogP contribution is -2.06. The van der Waals surface area contributed by atoms with Gasteiger partial charge >= 0.3 is 5.97 Å². The van der Waals surface area contributed by atoms with Gasteiger partial charge in [-0.1, -0.05) is 24.3 Å². The molecule has 0 amide bonds. The molecular weight excluding hydrogens is 290 g/mol. The van der Waals surface area contributed by atoms with Crippen LogP contribution in [-0.2, 0) is 11.2 Å². The molecule has 0 aliphatic rings. The molecular formula is C18H17N3O2. The predicted molar refractivity (Wildman–Crippen MR) is 86.4 cm³/mol. The summed E-state index contributed by atoms with van der Waals surface area (Å²) in [4.78, 5) is 16.1. The summed E-state index contributed by atoms with van der Waals surface area (Å²) in [5.41, 5.74) is 2.50. The van der Waals surface area contributed by atoms with Gasteiger partial charge in [-0.05, 0) is 36.6 Å². The van der Waals surface area contributed by atoms with E-state index in [1.807, 2.05) is 48.7 Å². The van der Waals surface area contributed by atoms with Crippen LogP contribution >= 0.6 is 0 Å². The van der Waals surface area contributed by atoms with Gasteiger partial charge in [-0.3, -0.25) is 4.98 Å². The highest BCUT2D eigenvalue weighted by Gasteiger charge is 2.10. The standard InChI is InChI=1S/C18H17N3O2/c22-18(23-11-5-7-15-6-4-10-19-12-15)16-13-20-21(14-16)17-8-2-1-3-9-17/h1-4,6,8-10,12-14H,5,7,11H2. The lowest BCUT2D eigenvalue weighted by Gasteiger charge is -2.03. The Morgan fingerprint density at radius 1 is 1.09 bits per heavy atom. The normalized spacial score (nSPS) is 10.4. The number of carbonyl (C=O) groups is 1. The summed E-state index contributed by atoms with van der Waals surface area (Å²) in [7, 11) is 0. The number of rotatable bonds is 6. The SMILES string of the molecule is O=C(OCCCc1cccnc1)c1cnn(-c2ccccc2)c1. The minimum absolute atomic E-state index is 0.349. The Balaban J connectivity index is 1.50. The molecule has 0 aliphatic carbocycles. The zero-order chi connectivity index (χ0) is 15.9. The van der Waals surface area contributed by atoms with Crippen LogP contribution in [0.25, 0.3) is 5.69 Å². The van der Waals surface area contributed by atoms with Gasteiger partial charge < -0.3 is 4.74 Å². The summed E-state index contributed by atoms with van der Waals surface area (Å²) in [5, 5.41) is 4.19. The zero-order valence-corrected chi connectivity index (χ0v) is 12.6. The van der Waals surface area contributed by atoms with Gasteiger partial charge in [-0.15, -0.1) is 0 Å². The molecule has 0 N–H and O–H groups in total. The first kappa shape index (κ1) is 15.0. The van der Waals surface area contributed by atoms with Crippen LogP contribution in [-0.4, -0.2) is 27.3 Å². The first-order valence-electron chi connectivity index (χ1n) is 7.49. The van der Waals surface area contributed by atoms with Crippen LogP contribution in [0.1, 0.15) is 22.3 Å². The molecule has 5 nitrogen and oxygen atoms in total. The first-order valence-corrected chi connectivity index (χ1v) is 7.49. The molecule has 0 atom stereocenters. The average molecular weight is 307 g/mol. The number of pyridine rings is 1. The molecule has 2 heterocycles. The zero-order valence-electron chi connectivity index (χ0n) is 12.6. The number of carbonyl (C=O) groups excluding carboxylic acids is 1. The lowest BCUT2D eigenvalue weighted by atomic mass is 10.2. The van der Waals surface area contributed by atoms with Crippen LogP contribution in [0.2, 0.25) is 0 Å². The first-order chi connectivity index (χ1) is 11.3. The molecule has 0 spiro atoms. The number of aromatic nitrogens is 3. The van der Waals surface area contributed by atoms with E-state index in [0.29, 0.717) is 12.2 Å². The van der Waals surface area contributed by atoms with Gasteiger partial charge in [0.05, 0.1) is 24.1 Å². The van der Waals surface area contributed by atoms with Crippen molar-refractivity contribution in [1.82, 2.24) is 14.8 Å². The molecule has 2 aromatic heterocycles. The number of nitrogens with zero attached hydrogens (tertiary/aromatic N) is 3. The highest BCUT2D eigenvalue weighted by Crippen LogP contribution is 2.09. The van der Waals surface area contributed by atoms with Crippen molar-refractivity contribution in [3.63, 3.8) is 0 Å². The smallest absolute Gasteiger partial charge is 0.341 e. The van der Waals surface area contributed by atoms with E-state index in [0.717, 1.165) is 24.1 Å². The molecule has 0 saturated carbocycles. The summed E-state index contributed by atoms with van der Waals surface area (Å²) < 4.78 is 6.95. The summed E-state index contributed by atoms with van der Waals surface area (Å²) >= 11 is 0. The van der Waals surface area contributed by atoms with Crippen LogP contribution < -0.4 is 0 Å². The van der Waals surface area contributed by atoms with E-state index >= 15 is 0 Å². The van der Waals surface area contributed by atoms with Gasteiger partial charge in [0.1, 0.15) is 0 Å². The van der Waals surface area contributed by atoms with E-state index < -0.39 is 0 Å². The number of esters is 1. The monoisotopic (exact) mass is 307 g/mol. The summed E-state index contributed by atoms with van der Waals surface area (Å²) in [6.45, 7) is 0.379. The number of para-hydroxylation sites is 1. The van der Waals surface area contributed by atoms with Gasteiger partial charge in [-0.2, -0.15) is 5.10 Å². The van der Waals surface area contributed by atoms with Gasteiger partial charge in [0, 0.05) is 18.6 Å². The van der Waals surface area contributed by atoms with Crippen LogP contribution in [0.3, 0.4) is 0 Å². The Kier molecular flexibility index (Phi) is 4.79. The van der Waals surface area contributed by atoms with Crippen molar-refractivity contribution < 1.29 is 9.53 Å². The molecule has 23 heavy (non-hydrogen) atoms. The number of ether oxygens (including phenoxy) is 1. The number of benzene rings is 1. The van der Waals surface area contributed by atoms with Crippen molar-refractivity contribution in [2.75, 3.05) is 6.61 Å². The van der Waals surface area contributed by atoms with Gasteiger partial charge in [0.2, 0.25) is 0 Å². The molecule has 0 aliphatic heterocycles. The second-order valence-corrected chi connectivity index (χ2v) is 5.11. The van der Waals surface area contributed by atoms with Crippen molar-refractivity contribution in [2.45, 2.75) is 12.8 Å². The third kappa shape index (κ3) is 4.03. The summed E-state index contributed by atoms with van der Waals surface area (Å²) in [5.74, 6) is -0.349. The Bertz CT molecular complexity index is 754. The Labute approximate surface area is 134 Å². The number of hydrogen-bond donors (Lipinski definition) is 0. The molecule has 0 unspecified atom stereocenters. The molecule has 0 fully saturated rings. The van der Waals surface area contributed by atoms with Gasteiger partial charge in [0.25, 0.3) is 0 Å². The van der Waals surface area contributed by atoms with E-state index in [9.17, 15) is 4.79 Å². The van der Waals surface area contributed by atoms with Crippen LogP contribution in [0.4, 0.5) is 0 Å². The molecule has 0 bridgehead atoms. The largest absolute Gasteiger partial charge is 0.462 e. The number of aryl methyl sites for hydroxylation is 1. The molecule has 1 aromatic carbocycles. The Hall–Kier alpha value is -2.95. The lowest BCUT2D eigenvalue weighted by molar-refractivity contribution is 0.0500. The van der Waals surface area contributed by atoms with E-state index in [2.05, 4.69) is 10.1 Å². The molecule has 116 valence electrons. The fraction of sp³-hybridized carbons (Fsp3) is 0.167. The predicted octanol–water partition coefficient (Wildman–Crippen LogP) is 3.06. The minimum Gasteiger partial charge on any atom is -0.462 e. The number of hydrogen-bond acceptors (Lipinski definition) is 4. The maximum Gasteiger partial charge on any atom is 0.341 e. The maximum atomic E-state index is 12.0.